The summed E-state index contributed by atoms with van der Waals surface area (Å²) in [6, 6.07) is 47.2. The zero-order valence-electron chi connectivity index (χ0n) is 41.0. The minimum atomic E-state index is -1.98. The van der Waals surface area contributed by atoms with E-state index in [-0.39, 0.29) is 78.9 Å². The van der Waals surface area contributed by atoms with E-state index in [1.54, 1.807) is 6.07 Å². The van der Waals surface area contributed by atoms with E-state index in [0.717, 1.165) is 49.7 Å². The van der Waals surface area contributed by atoms with Crippen molar-refractivity contribution in [2.24, 2.45) is 0 Å². The minimum absolute atomic E-state index is 0. The maximum atomic E-state index is 14.1. The maximum Gasteiger partial charge on any atom is 0.218 e. The number of halogens is 1. The molecule has 10 aromatic rings. The summed E-state index contributed by atoms with van der Waals surface area (Å²) in [6.45, 7) is 12.7. The first kappa shape index (κ1) is 35.3. The van der Waals surface area contributed by atoms with Crippen LogP contribution in [0.25, 0.3) is 83.7 Å². The first-order valence-corrected chi connectivity index (χ1v) is 23.6. The Balaban J connectivity index is 0.000000230. The van der Waals surface area contributed by atoms with Crippen LogP contribution in [0, 0.1) is 18.1 Å². The number of nitrogens with zero attached hydrogens (tertiary/aromatic N) is 4. The van der Waals surface area contributed by atoms with Crippen molar-refractivity contribution < 1.29 is 37.1 Å². The second-order valence-corrected chi connectivity index (χ2v) is 21.9. The summed E-state index contributed by atoms with van der Waals surface area (Å²) < 4.78 is 69.9. The molecule has 0 atom stereocenters. The molecule has 0 amide bonds. The molecular weight excluding hydrogens is 960 g/mol. The number of imidazole rings is 1. The molecule has 0 bridgehead atoms. The number of hydrogen-bond donors (Lipinski definition) is 0. The predicted octanol–water partition coefficient (Wildman–Crippen LogP) is 13.6. The molecule has 0 fully saturated rings. The van der Waals surface area contributed by atoms with Crippen LogP contribution in [-0.2, 0) is 25.5 Å². The number of hydrogen-bond acceptors (Lipinski definition) is 4. The Labute approximate surface area is 385 Å². The zero-order valence-corrected chi connectivity index (χ0v) is 38.4. The van der Waals surface area contributed by atoms with Crippen molar-refractivity contribution in [1.82, 2.24) is 19.5 Å². The zero-order chi connectivity index (χ0) is 47.5. The predicted molar refractivity (Wildman–Crippen MR) is 251 cm³/mol. The van der Waals surface area contributed by atoms with Gasteiger partial charge in [-0.1, -0.05) is 136 Å². The fraction of sp³-hybridized carbons (Fsp3) is 0.130. The molecule has 62 heavy (non-hydrogen) atoms. The van der Waals surface area contributed by atoms with Gasteiger partial charge in [0.2, 0.25) is 11.7 Å². The van der Waals surface area contributed by atoms with E-state index in [2.05, 4.69) is 114 Å². The van der Waals surface area contributed by atoms with Gasteiger partial charge in [0, 0.05) is 45.5 Å². The SMILES string of the molecule is CC(C)(C)c1cc(-c2ccccc2)c(-n2c(-c3[c-]ccc4c3oc3nc(F)ccc34)nc3ccccc32)c(-c2ccccc2)c1.[2H]c1[c-]c(-c2nc([2H])c([Si](C)(C)C)c([2H])c2[2H])cc([2H])c1[2H].[Ir]. The van der Waals surface area contributed by atoms with Crippen molar-refractivity contribution in [2.75, 3.05) is 0 Å². The molecule has 0 spiro atoms. The van der Waals surface area contributed by atoms with Crippen molar-refractivity contribution in [3.63, 3.8) is 0 Å². The molecule has 0 saturated carbocycles. The number of para-hydroxylation sites is 2. The standard InChI is InChI=1S/C40H29FN3O.C14H16NSi.Ir/c1-40(2,3)27-23-31(25-13-6-4-7-14-25)36(32(24-27)26-15-8-5-9-16-26)44-34-20-11-10-19-33(34)42-38(44)30-18-12-17-28-29-21-22-35(41)43-39(29)45-37(28)30;1-16(2,3)13-9-10-14(15-11-13)12-7-5-4-6-8-12;/h4-17,19-24H,1-3H3;4-7,9-11H,1-3H3;/q2*-1;/i;4D,5D,6D,9D,10D,11D;. The third kappa shape index (κ3) is 8.34. The summed E-state index contributed by atoms with van der Waals surface area (Å²) >= 11 is 0. The monoisotopic (exact) mass is 1010 g/mol. The van der Waals surface area contributed by atoms with E-state index < -0.39 is 14.0 Å². The van der Waals surface area contributed by atoms with Gasteiger partial charge in [-0.3, -0.25) is 4.98 Å². The van der Waals surface area contributed by atoms with Crippen molar-refractivity contribution >= 4 is 46.4 Å². The Kier molecular flexibility index (Phi) is 9.80. The summed E-state index contributed by atoms with van der Waals surface area (Å²) in [5.74, 6) is 0.0949. The molecule has 0 aliphatic rings. The Bertz CT molecular complexity index is 3450. The maximum absolute atomic E-state index is 14.1. The second kappa shape index (κ2) is 17.2. The smallest absolute Gasteiger partial charge is 0.218 e. The molecule has 10 rings (SSSR count). The fourth-order valence-electron chi connectivity index (χ4n) is 7.35. The van der Waals surface area contributed by atoms with E-state index in [1.807, 2.05) is 62.1 Å². The van der Waals surface area contributed by atoms with Gasteiger partial charge >= 0.3 is 0 Å². The van der Waals surface area contributed by atoms with Crippen LogP contribution < -0.4 is 5.19 Å². The molecule has 0 saturated heterocycles. The van der Waals surface area contributed by atoms with E-state index in [0.29, 0.717) is 22.2 Å². The van der Waals surface area contributed by atoms with Gasteiger partial charge in [-0.25, -0.2) is 0 Å². The molecule has 8 heteroatoms. The van der Waals surface area contributed by atoms with Crippen LogP contribution in [0.4, 0.5) is 4.39 Å². The number of aromatic nitrogens is 4. The van der Waals surface area contributed by atoms with Crippen LogP contribution in [0.3, 0.4) is 0 Å². The number of furan rings is 1. The first-order chi connectivity index (χ1) is 31.9. The molecular formula is C54H45FIrN4OSi-2. The molecule has 0 N–H and O–H groups in total. The Morgan fingerprint density at radius 2 is 1.42 bits per heavy atom. The van der Waals surface area contributed by atoms with Crippen molar-refractivity contribution in [3.8, 4) is 50.6 Å². The summed E-state index contributed by atoms with van der Waals surface area (Å²) in [6.07, 6.45) is -0.0309. The van der Waals surface area contributed by atoms with Gasteiger partial charge < -0.3 is 14.0 Å². The fourth-order valence-corrected chi connectivity index (χ4v) is 8.18. The van der Waals surface area contributed by atoms with Crippen LogP contribution in [-0.4, -0.2) is 27.6 Å². The van der Waals surface area contributed by atoms with Crippen molar-refractivity contribution in [3.05, 3.63) is 187 Å². The molecule has 0 aliphatic heterocycles. The van der Waals surface area contributed by atoms with E-state index >= 15 is 0 Å². The Morgan fingerprint density at radius 1 is 0.742 bits per heavy atom. The third-order valence-electron chi connectivity index (χ3n) is 10.6. The van der Waals surface area contributed by atoms with Crippen LogP contribution in [0.15, 0.2) is 168 Å². The summed E-state index contributed by atoms with van der Waals surface area (Å²) in [5, 5.41) is 2.10. The van der Waals surface area contributed by atoms with Gasteiger partial charge in [0.05, 0.1) is 40.3 Å². The third-order valence-corrected chi connectivity index (χ3v) is 12.3. The van der Waals surface area contributed by atoms with E-state index in [9.17, 15) is 4.39 Å². The van der Waals surface area contributed by atoms with Gasteiger partial charge in [-0.2, -0.15) is 9.37 Å². The van der Waals surface area contributed by atoms with E-state index in [1.165, 1.54) is 17.7 Å². The molecule has 4 aromatic heterocycles. The summed E-state index contributed by atoms with van der Waals surface area (Å²) in [7, 11) is -1.98. The quantitative estimate of drug-likeness (QED) is 0.0946. The van der Waals surface area contributed by atoms with Gasteiger partial charge in [0.15, 0.2) is 0 Å². The van der Waals surface area contributed by atoms with Crippen LogP contribution in [0.5, 0.6) is 0 Å². The molecule has 0 aliphatic carbocycles. The van der Waals surface area contributed by atoms with Crippen LogP contribution in [0.2, 0.25) is 19.6 Å². The average Bonchev–Trinajstić information content (AvgIpc) is 3.87. The minimum Gasteiger partial charge on any atom is -0.486 e. The largest absolute Gasteiger partial charge is 0.486 e. The number of benzene rings is 6. The number of rotatable bonds is 6. The summed E-state index contributed by atoms with van der Waals surface area (Å²) in [4.78, 5) is 13.4. The van der Waals surface area contributed by atoms with Crippen LogP contribution >= 0.6 is 0 Å². The first-order valence-electron chi connectivity index (χ1n) is 23.1. The molecule has 4 heterocycles. The van der Waals surface area contributed by atoms with Crippen molar-refractivity contribution in [2.45, 2.75) is 45.8 Å². The molecule has 0 unspecified atom stereocenters. The van der Waals surface area contributed by atoms with Gasteiger partial charge in [0.25, 0.3) is 0 Å². The van der Waals surface area contributed by atoms with Crippen molar-refractivity contribution in [1.29, 1.82) is 0 Å². The Morgan fingerprint density at radius 3 is 2.08 bits per heavy atom. The second-order valence-electron chi connectivity index (χ2n) is 16.9. The normalized spacial score (nSPS) is 13.0. The number of pyridine rings is 2. The molecule has 6 aromatic carbocycles. The van der Waals surface area contributed by atoms with Gasteiger partial charge in [-0.15, -0.1) is 54.0 Å². The van der Waals surface area contributed by atoms with E-state index in [4.69, 9.17) is 17.6 Å². The molecule has 1 radical (unpaired) electrons. The topological polar surface area (TPSA) is 56.7 Å². The molecule has 5 nitrogen and oxygen atoms in total. The molecule has 309 valence electrons. The Hall–Kier alpha value is -6.31. The number of fused-ring (bicyclic) bond motifs is 4. The summed E-state index contributed by atoms with van der Waals surface area (Å²) in [5.41, 5.74) is 10.1. The van der Waals surface area contributed by atoms with Gasteiger partial charge in [0.1, 0.15) is 0 Å². The average molecular weight is 1010 g/mol. The van der Waals surface area contributed by atoms with Crippen LogP contribution in [0.1, 0.15) is 34.6 Å². The van der Waals surface area contributed by atoms with Gasteiger partial charge in [-0.05, 0) is 70.8 Å².